The molecule has 3 aliphatic rings. The first-order valence-corrected chi connectivity index (χ1v) is 5.33. The molecule has 3 heterocycles. The molecule has 0 spiro atoms. The fourth-order valence-corrected chi connectivity index (χ4v) is 3.43. The van der Waals surface area contributed by atoms with Crippen LogP contribution in [0.2, 0.25) is 0 Å². The van der Waals surface area contributed by atoms with E-state index in [1.165, 1.54) is 38.5 Å². The molecule has 0 saturated carbocycles. The Morgan fingerprint density at radius 1 is 1.17 bits per heavy atom. The van der Waals surface area contributed by atoms with E-state index in [0.29, 0.717) is 0 Å². The molecule has 1 heteroatoms. The van der Waals surface area contributed by atoms with E-state index >= 15 is 0 Å². The molecule has 0 amide bonds. The lowest BCUT2D eigenvalue weighted by Gasteiger charge is -2.36. The minimum Gasteiger partial charge on any atom is -0.369 e. The summed E-state index contributed by atoms with van der Waals surface area (Å²) < 4.78 is 0. The van der Waals surface area contributed by atoms with Gasteiger partial charge in [-0.25, -0.2) is 0 Å². The van der Waals surface area contributed by atoms with Crippen LogP contribution >= 0.6 is 0 Å². The molecule has 0 N–H and O–H groups in total. The van der Waals surface area contributed by atoms with Crippen molar-refractivity contribution < 1.29 is 0 Å². The van der Waals surface area contributed by atoms with Gasteiger partial charge in [0, 0.05) is 17.8 Å². The van der Waals surface area contributed by atoms with Crippen molar-refractivity contribution >= 4 is 0 Å². The molecule has 0 aromatic carbocycles. The van der Waals surface area contributed by atoms with Gasteiger partial charge in [0.1, 0.15) is 0 Å². The predicted octanol–water partition coefficient (Wildman–Crippen LogP) is 2.68. The summed E-state index contributed by atoms with van der Waals surface area (Å²) in [5.74, 6) is 0. The van der Waals surface area contributed by atoms with Gasteiger partial charge in [0.05, 0.1) is 0 Å². The Morgan fingerprint density at radius 3 is 2.92 bits per heavy atom. The number of piperidine rings is 1. The van der Waals surface area contributed by atoms with Crippen molar-refractivity contribution in [3.05, 3.63) is 11.3 Å². The zero-order valence-corrected chi connectivity index (χ0v) is 7.84. The Balaban J connectivity index is 1.98. The van der Waals surface area contributed by atoms with Crippen LogP contribution in [0.3, 0.4) is 0 Å². The first kappa shape index (κ1) is 6.99. The first-order chi connectivity index (χ1) is 5.86. The number of allylic oxidation sites excluding steroid dienone is 1. The van der Waals surface area contributed by atoms with Gasteiger partial charge in [-0.3, -0.25) is 0 Å². The van der Waals surface area contributed by atoms with Crippen molar-refractivity contribution in [1.29, 1.82) is 0 Å². The van der Waals surface area contributed by atoms with Gasteiger partial charge in [0.2, 0.25) is 0 Å². The molecule has 2 saturated heterocycles. The van der Waals surface area contributed by atoms with Gasteiger partial charge in [0.15, 0.2) is 0 Å². The minimum absolute atomic E-state index is 0.918. The van der Waals surface area contributed by atoms with Crippen LogP contribution < -0.4 is 0 Å². The van der Waals surface area contributed by atoms with Crippen molar-refractivity contribution in [3.63, 3.8) is 0 Å². The molecule has 12 heavy (non-hydrogen) atoms. The van der Waals surface area contributed by atoms with Crippen LogP contribution in [-0.4, -0.2) is 17.0 Å². The molecule has 2 fully saturated rings. The maximum Gasteiger partial charge on any atom is 0.0327 e. The van der Waals surface area contributed by atoms with E-state index in [4.69, 9.17) is 0 Å². The standard InChI is InChI=1S/C11H17N/c1-8-7-10-4-2-3-9-5-6-11(8)12(9)10/h9-10H,2-7H2,1H3. The van der Waals surface area contributed by atoms with Gasteiger partial charge in [-0.15, -0.1) is 0 Å². The summed E-state index contributed by atoms with van der Waals surface area (Å²) in [5, 5.41) is 0. The molecule has 0 aromatic heterocycles. The summed E-state index contributed by atoms with van der Waals surface area (Å²) in [7, 11) is 0. The molecule has 66 valence electrons. The van der Waals surface area contributed by atoms with Gasteiger partial charge < -0.3 is 4.90 Å². The van der Waals surface area contributed by atoms with Crippen LogP contribution in [0.25, 0.3) is 0 Å². The maximum absolute atomic E-state index is 2.76. The lowest BCUT2D eigenvalue weighted by Crippen LogP contribution is -2.38. The number of hydrogen-bond acceptors (Lipinski definition) is 1. The Bertz CT molecular complexity index is 241. The third-order valence-corrected chi connectivity index (χ3v) is 3.92. The van der Waals surface area contributed by atoms with Crippen LogP contribution in [0.4, 0.5) is 0 Å². The van der Waals surface area contributed by atoms with E-state index in [1.807, 2.05) is 0 Å². The van der Waals surface area contributed by atoms with Crippen molar-refractivity contribution in [1.82, 2.24) is 4.90 Å². The Labute approximate surface area is 74.4 Å². The maximum atomic E-state index is 2.76. The Kier molecular flexibility index (Phi) is 1.32. The largest absolute Gasteiger partial charge is 0.369 e. The van der Waals surface area contributed by atoms with E-state index in [0.717, 1.165) is 12.1 Å². The molecule has 2 atom stereocenters. The molecule has 0 bridgehead atoms. The summed E-state index contributed by atoms with van der Waals surface area (Å²) in [5.41, 5.74) is 3.43. The summed E-state index contributed by atoms with van der Waals surface area (Å²) in [4.78, 5) is 2.76. The fraction of sp³-hybridized carbons (Fsp3) is 0.818. The van der Waals surface area contributed by atoms with Crippen LogP contribution in [-0.2, 0) is 0 Å². The van der Waals surface area contributed by atoms with Gasteiger partial charge in [-0.1, -0.05) is 5.57 Å². The highest BCUT2D eigenvalue weighted by Crippen LogP contribution is 2.45. The molecule has 0 radical (unpaired) electrons. The molecule has 0 aliphatic carbocycles. The van der Waals surface area contributed by atoms with Crippen LogP contribution in [0.15, 0.2) is 11.3 Å². The van der Waals surface area contributed by atoms with Gasteiger partial charge in [-0.2, -0.15) is 0 Å². The molecule has 3 rings (SSSR count). The second-order valence-corrected chi connectivity index (χ2v) is 4.62. The summed E-state index contributed by atoms with van der Waals surface area (Å²) in [6.45, 7) is 2.34. The molecular weight excluding hydrogens is 146 g/mol. The topological polar surface area (TPSA) is 3.24 Å². The van der Waals surface area contributed by atoms with Gasteiger partial charge in [-0.05, 0) is 45.4 Å². The quantitative estimate of drug-likeness (QED) is 0.530. The van der Waals surface area contributed by atoms with Crippen molar-refractivity contribution in [2.45, 2.75) is 57.5 Å². The molecule has 3 aliphatic heterocycles. The Hall–Kier alpha value is -0.460. The van der Waals surface area contributed by atoms with E-state index in [-0.39, 0.29) is 0 Å². The van der Waals surface area contributed by atoms with E-state index < -0.39 is 0 Å². The molecule has 1 nitrogen and oxygen atoms in total. The minimum atomic E-state index is 0.918. The third-order valence-electron chi connectivity index (χ3n) is 3.92. The number of hydrogen-bond donors (Lipinski definition) is 0. The normalized spacial score (nSPS) is 39.2. The highest BCUT2D eigenvalue weighted by Gasteiger charge is 2.40. The van der Waals surface area contributed by atoms with Crippen molar-refractivity contribution in [3.8, 4) is 0 Å². The molecule has 0 aromatic rings. The van der Waals surface area contributed by atoms with Crippen molar-refractivity contribution in [2.24, 2.45) is 0 Å². The summed E-state index contributed by atoms with van der Waals surface area (Å²) in [6.07, 6.45) is 8.61. The first-order valence-electron chi connectivity index (χ1n) is 5.33. The van der Waals surface area contributed by atoms with Crippen LogP contribution in [0, 0.1) is 0 Å². The summed E-state index contributed by atoms with van der Waals surface area (Å²) in [6, 6.07) is 1.86. The van der Waals surface area contributed by atoms with E-state index in [2.05, 4.69) is 11.8 Å². The second-order valence-electron chi connectivity index (χ2n) is 4.62. The zero-order valence-electron chi connectivity index (χ0n) is 7.84. The zero-order chi connectivity index (χ0) is 8.13. The van der Waals surface area contributed by atoms with E-state index in [9.17, 15) is 0 Å². The average molecular weight is 163 g/mol. The Morgan fingerprint density at radius 2 is 2.00 bits per heavy atom. The third kappa shape index (κ3) is 0.746. The SMILES string of the molecule is CC1=C2CCC3CCCC(C1)N23. The van der Waals surface area contributed by atoms with Crippen molar-refractivity contribution in [2.75, 3.05) is 0 Å². The predicted molar refractivity (Wildman–Crippen MR) is 49.8 cm³/mol. The molecule has 2 unspecified atom stereocenters. The highest BCUT2D eigenvalue weighted by molar-refractivity contribution is 5.25. The fourth-order valence-electron chi connectivity index (χ4n) is 3.43. The highest BCUT2D eigenvalue weighted by atomic mass is 15.2. The smallest absolute Gasteiger partial charge is 0.0327 e. The number of rotatable bonds is 0. The molecular formula is C11H17N. The lowest BCUT2D eigenvalue weighted by molar-refractivity contribution is 0.168. The number of nitrogens with zero attached hydrogens (tertiary/aromatic N) is 1. The van der Waals surface area contributed by atoms with E-state index in [1.54, 1.807) is 11.3 Å². The average Bonchev–Trinajstić information content (AvgIpc) is 2.60. The monoisotopic (exact) mass is 163 g/mol. The van der Waals surface area contributed by atoms with Gasteiger partial charge >= 0.3 is 0 Å². The van der Waals surface area contributed by atoms with Crippen LogP contribution in [0.1, 0.15) is 45.4 Å². The van der Waals surface area contributed by atoms with Gasteiger partial charge in [0.25, 0.3) is 0 Å². The summed E-state index contributed by atoms with van der Waals surface area (Å²) >= 11 is 0. The lowest BCUT2D eigenvalue weighted by atomic mass is 9.94. The van der Waals surface area contributed by atoms with Crippen LogP contribution in [0.5, 0.6) is 0 Å². The second kappa shape index (κ2) is 2.27.